The lowest BCUT2D eigenvalue weighted by Crippen LogP contribution is -2.38. The molecular formula is C25H35ClN6. The van der Waals surface area contributed by atoms with Crippen LogP contribution in [0.2, 0.25) is 5.02 Å². The molecule has 3 heterocycles. The van der Waals surface area contributed by atoms with Gasteiger partial charge in [-0.1, -0.05) is 43.1 Å². The second-order valence-electron chi connectivity index (χ2n) is 8.79. The van der Waals surface area contributed by atoms with Crippen molar-refractivity contribution in [1.82, 2.24) is 25.6 Å². The van der Waals surface area contributed by atoms with Crippen molar-refractivity contribution in [3.05, 3.63) is 41.7 Å². The first-order chi connectivity index (χ1) is 15.7. The minimum absolute atomic E-state index is 0.561. The van der Waals surface area contributed by atoms with Gasteiger partial charge in [-0.2, -0.15) is 0 Å². The average Bonchev–Trinajstić information content (AvgIpc) is 3.26. The summed E-state index contributed by atoms with van der Waals surface area (Å²) in [7, 11) is 0. The van der Waals surface area contributed by atoms with E-state index in [1.165, 1.54) is 25.7 Å². The van der Waals surface area contributed by atoms with E-state index in [1.807, 2.05) is 18.3 Å². The fourth-order valence-corrected chi connectivity index (χ4v) is 4.77. The predicted molar refractivity (Wildman–Crippen MR) is 134 cm³/mol. The summed E-state index contributed by atoms with van der Waals surface area (Å²) in [5, 5.41) is 12.4. The highest BCUT2D eigenvalue weighted by atomic mass is 35.5. The molecule has 0 aliphatic carbocycles. The van der Waals surface area contributed by atoms with Crippen LogP contribution in [0.1, 0.15) is 45.4 Å². The number of fused-ring (bicyclic) bond motifs is 1. The molecule has 1 aliphatic rings. The van der Waals surface area contributed by atoms with Gasteiger partial charge in [0.25, 0.3) is 0 Å². The molecule has 32 heavy (non-hydrogen) atoms. The van der Waals surface area contributed by atoms with Crippen molar-refractivity contribution in [2.75, 3.05) is 31.5 Å². The zero-order valence-electron chi connectivity index (χ0n) is 19.0. The van der Waals surface area contributed by atoms with Gasteiger partial charge in [0.15, 0.2) is 0 Å². The molecule has 1 atom stereocenters. The van der Waals surface area contributed by atoms with Crippen molar-refractivity contribution in [2.45, 2.75) is 51.5 Å². The lowest BCUT2D eigenvalue weighted by molar-refractivity contribution is 0.327. The number of rotatable bonds is 11. The average molecular weight is 455 g/mol. The molecule has 0 spiro atoms. The van der Waals surface area contributed by atoms with Crippen molar-refractivity contribution in [3.63, 3.8) is 0 Å². The van der Waals surface area contributed by atoms with Gasteiger partial charge in [-0.05, 0) is 63.7 Å². The van der Waals surface area contributed by atoms with Gasteiger partial charge in [0, 0.05) is 35.2 Å². The third kappa shape index (κ3) is 6.00. The molecule has 1 fully saturated rings. The highest BCUT2D eigenvalue weighted by Crippen LogP contribution is 2.32. The maximum absolute atomic E-state index is 6.45. The minimum Gasteiger partial charge on any atom is -0.360 e. The van der Waals surface area contributed by atoms with Crippen molar-refractivity contribution in [1.29, 1.82) is 0 Å². The molecule has 4 N–H and O–H groups in total. The summed E-state index contributed by atoms with van der Waals surface area (Å²) < 4.78 is 0. The van der Waals surface area contributed by atoms with E-state index < -0.39 is 0 Å². The first-order valence-corrected chi connectivity index (χ1v) is 12.4. The van der Waals surface area contributed by atoms with Crippen LogP contribution in [0, 0.1) is 5.92 Å². The van der Waals surface area contributed by atoms with Gasteiger partial charge in [-0.3, -0.25) is 0 Å². The number of nitrogens with zero attached hydrogens (tertiary/aromatic N) is 2. The van der Waals surface area contributed by atoms with Gasteiger partial charge < -0.3 is 20.9 Å². The Balaban J connectivity index is 1.30. The molecule has 7 heteroatoms. The number of piperidine rings is 1. The second-order valence-corrected chi connectivity index (χ2v) is 9.20. The van der Waals surface area contributed by atoms with Crippen LogP contribution in [0.15, 0.2) is 36.7 Å². The Labute approximate surface area is 196 Å². The smallest absolute Gasteiger partial charge is 0.223 e. The Morgan fingerprint density at radius 1 is 1.19 bits per heavy atom. The van der Waals surface area contributed by atoms with Crippen LogP contribution in [-0.2, 0) is 0 Å². The highest BCUT2D eigenvalue weighted by molar-refractivity contribution is 6.33. The van der Waals surface area contributed by atoms with E-state index in [0.29, 0.717) is 17.0 Å². The van der Waals surface area contributed by atoms with E-state index >= 15 is 0 Å². The van der Waals surface area contributed by atoms with Gasteiger partial charge in [-0.25, -0.2) is 9.97 Å². The molecule has 4 rings (SSSR count). The molecule has 2 aromatic heterocycles. The molecule has 3 aromatic rings. The van der Waals surface area contributed by atoms with Crippen molar-refractivity contribution in [2.24, 2.45) is 5.92 Å². The van der Waals surface area contributed by atoms with Gasteiger partial charge in [0.05, 0.1) is 16.9 Å². The topological polar surface area (TPSA) is 77.7 Å². The summed E-state index contributed by atoms with van der Waals surface area (Å²) in [5.41, 5.74) is 2.83. The van der Waals surface area contributed by atoms with E-state index in [9.17, 15) is 0 Å². The zero-order chi connectivity index (χ0) is 22.2. The number of aromatic nitrogens is 3. The van der Waals surface area contributed by atoms with Crippen LogP contribution in [0.4, 0.5) is 5.95 Å². The summed E-state index contributed by atoms with van der Waals surface area (Å²) in [6, 6.07) is 8.77. The fourth-order valence-electron chi connectivity index (χ4n) is 4.57. The number of benzene rings is 1. The molecule has 1 saturated heterocycles. The van der Waals surface area contributed by atoms with E-state index in [4.69, 9.17) is 16.6 Å². The molecule has 0 amide bonds. The number of halogens is 1. The van der Waals surface area contributed by atoms with Crippen LogP contribution < -0.4 is 16.0 Å². The number of hydrogen-bond acceptors (Lipinski definition) is 5. The van der Waals surface area contributed by atoms with Gasteiger partial charge >= 0.3 is 0 Å². The Kier molecular flexibility index (Phi) is 8.37. The van der Waals surface area contributed by atoms with Crippen LogP contribution in [0.5, 0.6) is 0 Å². The molecule has 0 radical (unpaired) electrons. The molecule has 0 bridgehead atoms. The fraction of sp³-hybridized carbons (Fsp3) is 0.520. The maximum atomic E-state index is 6.45. The van der Waals surface area contributed by atoms with E-state index in [0.717, 1.165) is 67.1 Å². The summed E-state index contributed by atoms with van der Waals surface area (Å²) >= 11 is 6.45. The summed E-state index contributed by atoms with van der Waals surface area (Å²) in [6.45, 7) is 6.59. The zero-order valence-corrected chi connectivity index (χ0v) is 19.7. The van der Waals surface area contributed by atoms with Gasteiger partial charge in [0.1, 0.15) is 0 Å². The maximum Gasteiger partial charge on any atom is 0.223 e. The summed E-state index contributed by atoms with van der Waals surface area (Å²) in [4.78, 5) is 12.4. The SMILES string of the molecule is CCCC(CCCNc1ncc(Cl)c(-c2c[nH]c3ccccc23)n1)NCC1CCNCC1. The Hall–Kier alpha value is -2.15. The summed E-state index contributed by atoms with van der Waals surface area (Å²) in [6.07, 6.45) is 10.9. The van der Waals surface area contributed by atoms with Crippen LogP contribution in [0.25, 0.3) is 22.2 Å². The van der Waals surface area contributed by atoms with Crippen molar-refractivity contribution >= 4 is 28.5 Å². The number of hydrogen-bond donors (Lipinski definition) is 4. The van der Waals surface area contributed by atoms with E-state index in [1.54, 1.807) is 6.20 Å². The number of aromatic amines is 1. The highest BCUT2D eigenvalue weighted by Gasteiger charge is 2.16. The third-order valence-electron chi connectivity index (χ3n) is 6.39. The lowest BCUT2D eigenvalue weighted by atomic mass is 9.97. The van der Waals surface area contributed by atoms with Crippen molar-refractivity contribution < 1.29 is 0 Å². The monoisotopic (exact) mass is 454 g/mol. The summed E-state index contributed by atoms with van der Waals surface area (Å²) in [5.74, 6) is 1.45. The quantitative estimate of drug-likeness (QED) is 0.298. The van der Waals surface area contributed by atoms with Crippen LogP contribution >= 0.6 is 11.6 Å². The van der Waals surface area contributed by atoms with Crippen LogP contribution in [-0.4, -0.2) is 47.2 Å². The van der Waals surface area contributed by atoms with Crippen molar-refractivity contribution in [3.8, 4) is 11.3 Å². The van der Waals surface area contributed by atoms with E-state index in [-0.39, 0.29) is 0 Å². The van der Waals surface area contributed by atoms with Gasteiger partial charge in [-0.15, -0.1) is 0 Å². The molecular weight excluding hydrogens is 420 g/mol. The number of para-hydroxylation sites is 1. The number of nitrogens with one attached hydrogen (secondary N) is 4. The molecule has 1 aromatic carbocycles. The molecule has 172 valence electrons. The minimum atomic E-state index is 0.561. The standard InChI is InChI=1S/C25H35ClN6/c1-2-6-19(29-15-18-10-13-27-14-11-18)7-5-12-28-25-31-17-22(26)24(32-25)21-16-30-23-9-4-3-8-20(21)23/h3-4,8-9,16-19,27,29-30H,2,5-7,10-15H2,1H3,(H,28,31,32). The van der Waals surface area contributed by atoms with Gasteiger partial charge in [0.2, 0.25) is 5.95 Å². The molecule has 1 aliphatic heterocycles. The molecule has 6 nitrogen and oxygen atoms in total. The van der Waals surface area contributed by atoms with E-state index in [2.05, 4.69) is 45.0 Å². The first kappa shape index (κ1) is 23.0. The Bertz CT molecular complexity index is 981. The Morgan fingerprint density at radius 3 is 2.88 bits per heavy atom. The van der Waals surface area contributed by atoms with Crippen LogP contribution in [0.3, 0.4) is 0 Å². The normalized spacial score (nSPS) is 15.8. The number of anilines is 1. The lowest BCUT2D eigenvalue weighted by Gasteiger charge is -2.26. The molecule has 1 unspecified atom stereocenters. The first-order valence-electron chi connectivity index (χ1n) is 12.0. The molecule has 0 saturated carbocycles. The Morgan fingerprint density at radius 2 is 2.03 bits per heavy atom. The second kappa shape index (κ2) is 11.6. The predicted octanol–water partition coefficient (Wildman–Crippen LogP) is 5.23. The number of H-pyrrole nitrogens is 1. The third-order valence-corrected chi connectivity index (χ3v) is 6.67. The largest absolute Gasteiger partial charge is 0.360 e.